The van der Waals surface area contributed by atoms with Gasteiger partial charge >= 0.3 is 19.8 Å². The molecule has 0 aromatic heterocycles. The molecule has 324 valence electrons. The molecule has 0 saturated carbocycles. The van der Waals surface area contributed by atoms with Crippen LogP contribution in [0.4, 0.5) is 0 Å². The first-order valence-electron chi connectivity index (χ1n) is 21.5. The maximum Gasteiger partial charge on any atom is 0.472 e. The van der Waals surface area contributed by atoms with Crippen LogP contribution in [0.3, 0.4) is 0 Å². The molecule has 0 fully saturated rings. The SMILES string of the molecule is CC/C=C\C/C=C\C/C=C\C/C=C\C/C=C\CCCCCC(=O)OC(COC(=O)CCCCCCC/C=C\C/C=C\C/C=C\CC)COP(=O)(O)OCCN(C)C. The molecule has 0 bridgehead atoms. The zero-order chi connectivity index (χ0) is 41.9. The van der Waals surface area contributed by atoms with Crippen LogP contribution in [-0.4, -0.2) is 68.3 Å². The summed E-state index contributed by atoms with van der Waals surface area (Å²) >= 11 is 0. The Kier molecular flexibility index (Phi) is 38.9. The predicted molar refractivity (Wildman–Crippen MR) is 238 cm³/mol. The highest BCUT2D eigenvalue weighted by Gasteiger charge is 2.26. The van der Waals surface area contributed by atoms with E-state index in [4.69, 9.17) is 18.5 Å². The molecule has 0 spiro atoms. The van der Waals surface area contributed by atoms with Crippen molar-refractivity contribution in [2.45, 2.75) is 148 Å². The van der Waals surface area contributed by atoms with Gasteiger partial charge in [-0.15, -0.1) is 0 Å². The number of hydrogen-bond acceptors (Lipinski definition) is 8. The molecule has 10 heteroatoms. The van der Waals surface area contributed by atoms with Gasteiger partial charge in [0.2, 0.25) is 0 Å². The van der Waals surface area contributed by atoms with E-state index < -0.39 is 32.5 Å². The Morgan fingerprint density at radius 1 is 0.544 bits per heavy atom. The lowest BCUT2D eigenvalue weighted by molar-refractivity contribution is -0.161. The molecular weight excluding hydrogens is 737 g/mol. The molecule has 0 rings (SSSR count). The van der Waals surface area contributed by atoms with Crippen molar-refractivity contribution in [1.29, 1.82) is 0 Å². The normalized spacial score (nSPS) is 14.4. The fourth-order valence-electron chi connectivity index (χ4n) is 5.14. The van der Waals surface area contributed by atoms with E-state index >= 15 is 0 Å². The third-order valence-electron chi connectivity index (χ3n) is 8.39. The zero-order valence-electron chi connectivity index (χ0n) is 36.0. The van der Waals surface area contributed by atoms with E-state index in [1.54, 1.807) is 4.90 Å². The van der Waals surface area contributed by atoms with Crippen LogP contribution in [0.25, 0.3) is 0 Å². The van der Waals surface area contributed by atoms with Gasteiger partial charge in [-0.3, -0.25) is 18.6 Å². The van der Waals surface area contributed by atoms with Crippen molar-refractivity contribution >= 4 is 19.8 Å². The van der Waals surface area contributed by atoms with E-state index in [1.165, 1.54) is 0 Å². The summed E-state index contributed by atoms with van der Waals surface area (Å²) in [4.78, 5) is 37.0. The number of allylic oxidation sites excluding steroid dienone is 16. The summed E-state index contributed by atoms with van der Waals surface area (Å²) in [5.41, 5.74) is 0. The van der Waals surface area contributed by atoms with Crippen LogP contribution in [0, 0.1) is 0 Å². The number of ether oxygens (including phenoxy) is 2. The van der Waals surface area contributed by atoms with Gasteiger partial charge in [-0.25, -0.2) is 4.57 Å². The fourth-order valence-corrected chi connectivity index (χ4v) is 5.88. The van der Waals surface area contributed by atoms with Crippen molar-refractivity contribution in [3.05, 3.63) is 97.2 Å². The van der Waals surface area contributed by atoms with Crippen LogP contribution in [0.1, 0.15) is 142 Å². The smallest absolute Gasteiger partial charge is 0.462 e. The number of rotatable bonds is 38. The maximum atomic E-state index is 12.7. The van der Waals surface area contributed by atoms with E-state index in [-0.39, 0.29) is 26.1 Å². The van der Waals surface area contributed by atoms with Crippen molar-refractivity contribution in [3.8, 4) is 0 Å². The summed E-state index contributed by atoms with van der Waals surface area (Å²) in [7, 11) is -0.754. The second-order valence-corrected chi connectivity index (χ2v) is 15.6. The topological polar surface area (TPSA) is 112 Å². The Morgan fingerprint density at radius 2 is 0.947 bits per heavy atom. The highest BCUT2D eigenvalue weighted by molar-refractivity contribution is 7.47. The molecule has 0 aliphatic carbocycles. The molecule has 0 aromatic rings. The van der Waals surface area contributed by atoms with E-state index in [0.717, 1.165) is 103 Å². The average molecular weight is 816 g/mol. The van der Waals surface area contributed by atoms with Gasteiger partial charge in [-0.2, -0.15) is 0 Å². The monoisotopic (exact) mass is 816 g/mol. The summed E-state index contributed by atoms with van der Waals surface area (Å²) in [6.07, 6.45) is 51.7. The number of nitrogens with zero attached hydrogens (tertiary/aromatic N) is 1. The number of hydrogen-bond donors (Lipinski definition) is 1. The summed E-state index contributed by atoms with van der Waals surface area (Å²) in [5, 5.41) is 0. The van der Waals surface area contributed by atoms with E-state index in [0.29, 0.717) is 19.4 Å². The van der Waals surface area contributed by atoms with Crippen LogP contribution >= 0.6 is 7.82 Å². The first-order chi connectivity index (χ1) is 27.7. The molecule has 2 atom stereocenters. The Balaban J connectivity index is 4.42. The Morgan fingerprint density at radius 3 is 1.42 bits per heavy atom. The highest BCUT2D eigenvalue weighted by Crippen LogP contribution is 2.43. The van der Waals surface area contributed by atoms with Crippen LogP contribution in [0.2, 0.25) is 0 Å². The lowest BCUT2D eigenvalue weighted by atomic mass is 10.1. The lowest BCUT2D eigenvalue weighted by Crippen LogP contribution is -2.29. The van der Waals surface area contributed by atoms with E-state index in [1.807, 2.05) is 14.1 Å². The lowest BCUT2D eigenvalue weighted by Gasteiger charge is -2.20. The van der Waals surface area contributed by atoms with Gasteiger partial charge in [-0.1, -0.05) is 137 Å². The number of carbonyl (C=O) groups is 2. The summed E-state index contributed by atoms with van der Waals surface area (Å²) in [5.74, 6) is -0.872. The average Bonchev–Trinajstić information content (AvgIpc) is 3.18. The van der Waals surface area contributed by atoms with E-state index in [9.17, 15) is 19.0 Å². The fraction of sp³-hybridized carbons (Fsp3) is 0.617. The molecule has 57 heavy (non-hydrogen) atoms. The van der Waals surface area contributed by atoms with Crippen LogP contribution in [-0.2, 0) is 32.7 Å². The Hall–Kier alpha value is -3.07. The number of phosphoric acid groups is 1. The third-order valence-corrected chi connectivity index (χ3v) is 9.37. The highest BCUT2D eigenvalue weighted by atomic mass is 31.2. The standard InChI is InChI=1S/C47H78NO8P/c1-5-7-9-11-13-15-17-19-21-22-23-24-26-28-30-32-34-36-38-40-47(50)56-45(44-55-57(51,52)54-42-41-48(3)4)43-53-46(49)39-37-35-33-31-29-27-25-20-18-16-14-12-10-8-6-2/h7-10,13-16,19-21,23-25,28,30,45H,5-6,11-12,17-18,22,26-27,29,31-44H2,1-4H3,(H,51,52)/b9-7-,10-8-,15-13-,16-14-,21-19-,24-23-,25-20-,30-28-. The molecule has 0 aromatic carbocycles. The third kappa shape index (κ3) is 42.4. The van der Waals surface area contributed by atoms with Gasteiger partial charge in [-0.05, 0) is 104 Å². The van der Waals surface area contributed by atoms with Gasteiger partial charge in [0.05, 0.1) is 13.2 Å². The van der Waals surface area contributed by atoms with Crippen molar-refractivity contribution in [3.63, 3.8) is 0 Å². The van der Waals surface area contributed by atoms with Gasteiger partial charge in [0.15, 0.2) is 6.10 Å². The minimum atomic E-state index is -4.38. The molecule has 0 aliphatic heterocycles. The second kappa shape index (κ2) is 41.1. The molecule has 0 aliphatic rings. The van der Waals surface area contributed by atoms with Gasteiger partial charge < -0.3 is 19.3 Å². The quantitative estimate of drug-likeness (QED) is 0.0282. The Labute approximate surface area is 347 Å². The van der Waals surface area contributed by atoms with Crippen molar-refractivity contribution in [2.75, 3.05) is 40.5 Å². The van der Waals surface area contributed by atoms with Crippen LogP contribution in [0.5, 0.6) is 0 Å². The summed E-state index contributed by atoms with van der Waals surface area (Å²) in [6, 6.07) is 0. The molecule has 2 unspecified atom stereocenters. The van der Waals surface area contributed by atoms with Gasteiger partial charge in [0.25, 0.3) is 0 Å². The summed E-state index contributed by atoms with van der Waals surface area (Å²) in [6.45, 7) is 4.01. The largest absolute Gasteiger partial charge is 0.472 e. The maximum absolute atomic E-state index is 12.7. The molecule has 0 amide bonds. The zero-order valence-corrected chi connectivity index (χ0v) is 36.9. The minimum Gasteiger partial charge on any atom is -0.462 e. The van der Waals surface area contributed by atoms with E-state index in [2.05, 4.69) is 111 Å². The molecule has 1 N–H and O–H groups in total. The van der Waals surface area contributed by atoms with Crippen molar-refractivity contribution in [2.24, 2.45) is 0 Å². The predicted octanol–water partition coefficient (Wildman–Crippen LogP) is 12.4. The van der Waals surface area contributed by atoms with Gasteiger partial charge in [0, 0.05) is 19.4 Å². The first-order valence-corrected chi connectivity index (χ1v) is 23.0. The number of likely N-dealkylation sites (N-methyl/N-ethyl adjacent to an activating group) is 1. The second-order valence-electron chi connectivity index (χ2n) is 14.1. The number of unbranched alkanes of at least 4 members (excludes halogenated alkanes) is 8. The van der Waals surface area contributed by atoms with Crippen molar-refractivity contribution in [1.82, 2.24) is 4.90 Å². The molecule has 0 radical (unpaired) electrons. The molecule has 0 saturated heterocycles. The number of carbonyl (C=O) groups excluding carboxylic acids is 2. The minimum absolute atomic E-state index is 0.00837. The number of esters is 2. The first kappa shape index (κ1) is 53.9. The van der Waals surface area contributed by atoms with Crippen LogP contribution in [0.15, 0.2) is 97.2 Å². The molecule has 0 heterocycles. The number of phosphoric ester groups is 1. The Bertz CT molecular complexity index is 1260. The molecular formula is C47H78NO8P. The van der Waals surface area contributed by atoms with Crippen LogP contribution < -0.4 is 0 Å². The van der Waals surface area contributed by atoms with Crippen molar-refractivity contribution < 1.29 is 37.6 Å². The summed E-state index contributed by atoms with van der Waals surface area (Å²) < 4.78 is 33.4. The van der Waals surface area contributed by atoms with Gasteiger partial charge in [0.1, 0.15) is 6.61 Å². The molecule has 9 nitrogen and oxygen atoms in total.